The molecule has 2 aromatic rings. The third-order valence-electron chi connectivity index (χ3n) is 1.91. The zero-order valence-electron chi connectivity index (χ0n) is 7.69. The molecule has 0 saturated carbocycles. The van der Waals surface area contributed by atoms with Gasteiger partial charge in [-0.15, -0.1) is 0 Å². The lowest BCUT2D eigenvalue weighted by Crippen LogP contribution is -1.90. The van der Waals surface area contributed by atoms with Gasteiger partial charge >= 0.3 is 0 Å². The zero-order valence-corrected chi connectivity index (χ0v) is 7.69. The summed E-state index contributed by atoms with van der Waals surface area (Å²) < 4.78 is 0. The number of nitrogens with zero attached hydrogens (tertiary/aromatic N) is 2. The molecule has 4 nitrogen and oxygen atoms in total. The molecular weight excluding hydrogens is 178 g/mol. The van der Waals surface area contributed by atoms with E-state index in [1.165, 1.54) is 6.92 Å². The molecule has 0 aromatic carbocycles. The predicted octanol–water partition coefficient (Wildman–Crippen LogP) is 1.67. The molecule has 0 saturated heterocycles. The van der Waals surface area contributed by atoms with Gasteiger partial charge in [0.15, 0.2) is 5.78 Å². The fourth-order valence-corrected chi connectivity index (χ4v) is 1.16. The smallest absolute Gasteiger partial charge is 0.177 e. The Bertz CT molecular complexity index is 447. The Morgan fingerprint density at radius 2 is 2.36 bits per heavy atom. The van der Waals surface area contributed by atoms with Crippen LogP contribution < -0.4 is 0 Å². The van der Waals surface area contributed by atoms with Crippen LogP contribution in [-0.2, 0) is 0 Å². The first kappa shape index (κ1) is 8.62. The summed E-state index contributed by atoms with van der Waals surface area (Å²) in [7, 11) is 0. The van der Waals surface area contributed by atoms with Crippen LogP contribution in [0.3, 0.4) is 0 Å². The number of ketones is 1. The fraction of sp³-hybridized carbons (Fsp3) is 0.100. The first-order chi connectivity index (χ1) is 6.77. The zero-order chi connectivity index (χ0) is 9.97. The van der Waals surface area contributed by atoms with E-state index in [4.69, 9.17) is 0 Å². The second-order valence-electron chi connectivity index (χ2n) is 2.96. The van der Waals surface area contributed by atoms with Crippen LogP contribution in [0.4, 0.5) is 0 Å². The second kappa shape index (κ2) is 3.41. The molecule has 0 unspecified atom stereocenters. The molecule has 4 heteroatoms. The molecule has 2 rings (SSSR count). The molecule has 14 heavy (non-hydrogen) atoms. The summed E-state index contributed by atoms with van der Waals surface area (Å²) in [6.07, 6.45) is 3.40. The van der Waals surface area contributed by atoms with Crippen LogP contribution in [0.1, 0.15) is 17.4 Å². The van der Waals surface area contributed by atoms with Crippen molar-refractivity contribution in [2.24, 2.45) is 0 Å². The maximum Gasteiger partial charge on any atom is 0.177 e. The van der Waals surface area contributed by atoms with Crippen LogP contribution in [0, 0.1) is 0 Å². The number of aromatic nitrogens is 3. The number of pyridine rings is 1. The summed E-state index contributed by atoms with van der Waals surface area (Å²) in [4.78, 5) is 15.0. The first-order valence-electron chi connectivity index (χ1n) is 4.24. The molecule has 0 radical (unpaired) electrons. The Balaban J connectivity index is 2.39. The molecule has 0 bridgehead atoms. The van der Waals surface area contributed by atoms with Gasteiger partial charge < -0.3 is 0 Å². The molecule has 0 spiro atoms. The quantitative estimate of drug-likeness (QED) is 0.727. The highest BCUT2D eigenvalue weighted by molar-refractivity contribution is 5.93. The van der Waals surface area contributed by atoms with Crippen molar-refractivity contribution in [3.8, 4) is 11.3 Å². The van der Waals surface area contributed by atoms with Crippen molar-refractivity contribution in [1.29, 1.82) is 0 Å². The SMILES string of the molecule is CC(=O)c1cc(-c2cccnc2)n[nH]1. The van der Waals surface area contributed by atoms with E-state index in [9.17, 15) is 4.79 Å². The molecule has 0 aliphatic heterocycles. The molecule has 70 valence electrons. The molecular formula is C10H9N3O. The average molecular weight is 187 g/mol. The lowest BCUT2D eigenvalue weighted by molar-refractivity contribution is 0.101. The van der Waals surface area contributed by atoms with Gasteiger partial charge in [-0.05, 0) is 18.2 Å². The van der Waals surface area contributed by atoms with Crippen LogP contribution in [0.25, 0.3) is 11.3 Å². The van der Waals surface area contributed by atoms with E-state index in [2.05, 4.69) is 15.2 Å². The summed E-state index contributed by atoms with van der Waals surface area (Å²) in [5.74, 6) is -0.0207. The number of hydrogen-bond acceptors (Lipinski definition) is 3. The predicted molar refractivity (Wildman–Crippen MR) is 51.8 cm³/mol. The minimum atomic E-state index is -0.0207. The summed E-state index contributed by atoms with van der Waals surface area (Å²) >= 11 is 0. The van der Waals surface area contributed by atoms with Crippen LogP contribution in [-0.4, -0.2) is 21.0 Å². The number of rotatable bonds is 2. The third-order valence-corrected chi connectivity index (χ3v) is 1.91. The fourth-order valence-electron chi connectivity index (χ4n) is 1.16. The highest BCUT2D eigenvalue weighted by Gasteiger charge is 2.06. The van der Waals surface area contributed by atoms with E-state index < -0.39 is 0 Å². The van der Waals surface area contributed by atoms with Crippen molar-refractivity contribution >= 4 is 5.78 Å². The molecule has 1 N–H and O–H groups in total. The van der Waals surface area contributed by atoms with Gasteiger partial charge in [0, 0.05) is 24.9 Å². The highest BCUT2D eigenvalue weighted by atomic mass is 16.1. The number of carbonyl (C=O) groups excluding carboxylic acids is 1. The van der Waals surface area contributed by atoms with Gasteiger partial charge in [0.1, 0.15) is 5.69 Å². The van der Waals surface area contributed by atoms with E-state index in [0.29, 0.717) is 5.69 Å². The van der Waals surface area contributed by atoms with Gasteiger partial charge in [0.05, 0.1) is 5.69 Å². The number of nitrogens with one attached hydrogen (secondary N) is 1. The Morgan fingerprint density at radius 3 is 2.93 bits per heavy atom. The maximum atomic E-state index is 11.0. The Hall–Kier alpha value is -1.97. The highest BCUT2D eigenvalue weighted by Crippen LogP contribution is 2.15. The Labute approximate surface area is 81.0 Å². The van der Waals surface area contributed by atoms with Gasteiger partial charge in [0.25, 0.3) is 0 Å². The molecule has 0 aliphatic rings. The topological polar surface area (TPSA) is 58.6 Å². The van der Waals surface area contributed by atoms with Crippen LogP contribution in [0.15, 0.2) is 30.6 Å². The number of H-pyrrole nitrogens is 1. The lowest BCUT2D eigenvalue weighted by atomic mass is 10.2. The number of carbonyl (C=O) groups is 1. The van der Waals surface area contributed by atoms with Gasteiger partial charge in [-0.3, -0.25) is 14.9 Å². The summed E-state index contributed by atoms with van der Waals surface area (Å²) in [6, 6.07) is 5.45. The van der Waals surface area contributed by atoms with Crippen LogP contribution >= 0.6 is 0 Å². The summed E-state index contributed by atoms with van der Waals surface area (Å²) in [6.45, 7) is 1.50. The first-order valence-corrected chi connectivity index (χ1v) is 4.24. The van der Waals surface area contributed by atoms with Gasteiger partial charge in [0.2, 0.25) is 0 Å². The second-order valence-corrected chi connectivity index (χ2v) is 2.96. The van der Waals surface area contributed by atoms with E-state index in [1.807, 2.05) is 12.1 Å². The van der Waals surface area contributed by atoms with E-state index >= 15 is 0 Å². The van der Waals surface area contributed by atoms with Crippen molar-refractivity contribution in [2.75, 3.05) is 0 Å². The molecule has 0 fully saturated rings. The van der Waals surface area contributed by atoms with E-state index in [1.54, 1.807) is 18.5 Å². The Kier molecular flexibility index (Phi) is 2.10. The van der Waals surface area contributed by atoms with Gasteiger partial charge in [-0.2, -0.15) is 5.10 Å². The van der Waals surface area contributed by atoms with Gasteiger partial charge in [-0.25, -0.2) is 0 Å². The van der Waals surface area contributed by atoms with E-state index in [0.717, 1.165) is 11.3 Å². The van der Waals surface area contributed by atoms with Crippen molar-refractivity contribution in [2.45, 2.75) is 6.92 Å². The molecule has 0 aliphatic carbocycles. The molecule has 0 atom stereocenters. The largest absolute Gasteiger partial charge is 0.293 e. The Morgan fingerprint density at radius 1 is 1.50 bits per heavy atom. The number of hydrogen-bond donors (Lipinski definition) is 1. The number of aromatic amines is 1. The monoisotopic (exact) mass is 187 g/mol. The third kappa shape index (κ3) is 1.54. The standard InChI is InChI=1S/C10H9N3O/c1-7(14)9-5-10(13-12-9)8-3-2-4-11-6-8/h2-6H,1H3,(H,12,13). The minimum Gasteiger partial charge on any atom is -0.293 e. The van der Waals surface area contributed by atoms with E-state index in [-0.39, 0.29) is 5.78 Å². The summed E-state index contributed by atoms with van der Waals surface area (Å²) in [5, 5.41) is 6.70. The van der Waals surface area contributed by atoms with Crippen LogP contribution in [0.5, 0.6) is 0 Å². The maximum absolute atomic E-state index is 11.0. The lowest BCUT2D eigenvalue weighted by Gasteiger charge is -1.91. The molecule has 0 amide bonds. The van der Waals surface area contributed by atoms with Crippen LogP contribution in [0.2, 0.25) is 0 Å². The van der Waals surface area contributed by atoms with Crippen molar-refractivity contribution in [3.63, 3.8) is 0 Å². The number of Topliss-reactive ketones (excluding diaryl/α,β-unsaturated/α-hetero) is 1. The molecule has 2 heterocycles. The van der Waals surface area contributed by atoms with Crippen molar-refractivity contribution < 1.29 is 4.79 Å². The van der Waals surface area contributed by atoms with Crippen molar-refractivity contribution in [1.82, 2.24) is 15.2 Å². The molecule has 2 aromatic heterocycles. The normalized spacial score (nSPS) is 10.1. The average Bonchev–Trinajstić information content (AvgIpc) is 2.68. The summed E-state index contributed by atoms with van der Waals surface area (Å²) in [5.41, 5.74) is 2.16. The minimum absolute atomic E-state index is 0.0207. The van der Waals surface area contributed by atoms with Crippen molar-refractivity contribution in [3.05, 3.63) is 36.3 Å². The van der Waals surface area contributed by atoms with Gasteiger partial charge in [-0.1, -0.05) is 0 Å².